The van der Waals surface area contributed by atoms with Gasteiger partial charge >= 0.3 is 0 Å². The van der Waals surface area contributed by atoms with Crippen LogP contribution in [0.4, 0.5) is 4.39 Å². The van der Waals surface area contributed by atoms with Crippen molar-refractivity contribution in [1.29, 1.82) is 0 Å². The summed E-state index contributed by atoms with van der Waals surface area (Å²) in [6.07, 6.45) is 0. The molecule has 0 saturated carbocycles. The molecule has 1 heterocycles. The van der Waals surface area contributed by atoms with Gasteiger partial charge in [0.2, 0.25) is 5.82 Å². The SMILES string of the molecule is CCN(C(=O)c1n[nH]c(C)n1)C(C)c1ccc(F)cc1. The summed E-state index contributed by atoms with van der Waals surface area (Å²) in [6, 6.07) is 5.97. The summed E-state index contributed by atoms with van der Waals surface area (Å²) in [4.78, 5) is 18.1. The van der Waals surface area contributed by atoms with Crippen molar-refractivity contribution in [3.8, 4) is 0 Å². The van der Waals surface area contributed by atoms with Crippen LogP contribution in [-0.2, 0) is 0 Å². The molecule has 6 heteroatoms. The summed E-state index contributed by atoms with van der Waals surface area (Å²) >= 11 is 0. The van der Waals surface area contributed by atoms with Gasteiger partial charge in [-0.1, -0.05) is 12.1 Å². The predicted molar refractivity (Wildman–Crippen MR) is 72.6 cm³/mol. The molecular weight excluding hydrogens is 259 g/mol. The lowest BCUT2D eigenvalue weighted by molar-refractivity contribution is 0.0690. The van der Waals surface area contributed by atoms with Gasteiger partial charge in [0, 0.05) is 6.54 Å². The van der Waals surface area contributed by atoms with Crippen LogP contribution in [0.25, 0.3) is 0 Å². The summed E-state index contributed by atoms with van der Waals surface area (Å²) in [6.45, 7) is 6.04. The fourth-order valence-electron chi connectivity index (χ4n) is 2.08. The van der Waals surface area contributed by atoms with Crippen LogP contribution < -0.4 is 0 Å². The zero-order valence-electron chi connectivity index (χ0n) is 11.7. The highest BCUT2D eigenvalue weighted by Crippen LogP contribution is 2.21. The van der Waals surface area contributed by atoms with Gasteiger partial charge in [-0.05, 0) is 38.5 Å². The maximum absolute atomic E-state index is 13.0. The molecular formula is C14H17FN4O. The Balaban J connectivity index is 2.23. The molecule has 20 heavy (non-hydrogen) atoms. The lowest BCUT2D eigenvalue weighted by Gasteiger charge is -2.27. The van der Waals surface area contributed by atoms with Crippen LogP contribution >= 0.6 is 0 Å². The molecule has 0 radical (unpaired) electrons. The highest BCUT2D eigenvalue weighted by molar-refractivity contribution is 5.90. The maximum Gasteiger partial charge on any atom is 0.294 e. The Morgan fingerprint density at radius 3 is 2.55 bits per heavy atom. The molecule has 1 amide bonds. The number of H-pyrrole nitrogens is 1. The quantitative estimate of drug-likeness (QED) is 0.933. The van der Waals surface area contributed by atoms with Gasteiger partial charge in [-0.25, -0.2) is 9.37 Å². The zero-order chi connectivity index (χ0) is 14.7. The number of nitrogens with one attached hydrogen (secondary N) is 1. The second kappa shape index (κ2) is 5.81. The first kappa shape index (κ1) is 14.2. The Kier molecular flexibility index (Phi) is 4.12. The van der Waals surface area contributed by atoms with Gasteiger partial charge < -0.3 is 4.90 Å². The Morgan fingerprint density at radius 1 is 1.40 bits per heavy atom. The third-order valence-corrected chi connectivity index (χ3v) is 3.21. The molecule has 106 valence electrons. The number of carbonyl (C=O) groups excluding carboxylic acids is 1. The topological polar surface area (TPSA) is 61.9 Å². The second-order valence-electron chi connectivity index (χ2n) is 4.56. The first-order valence-electron chi connectivity index (χ1n) is 6.48. The Labute approximate surface area is 116 Å². The number of halogens is 1. The van der Waals surface area contributed by atoms with Crippen LogP contribution in [0.3, 0.4) is 0 Å². The minimum atomic E-state index is -0.292. The van der Waals surface area contributed by atoms with E-state index in [1.54, 1.807) is 24.0 Å². The standard InChI is InChI=1S/C14H17FN4O/c1-4-19(14(20)13-16-10(3)17-18-13)9(2)11-5-7-12(15)8-6-11/h5-9H,4H2,1-3H3,(H,16,17,18). The van der Waals surface area contributed by atoms with E-state index in [2.05, 4.69) is 15.2 Å². The average molecular weight is 276 g/mol. The zero-order valence-corrected chi connectivity index (χ0v) is 11.7. The van der Waals surface area contributed by atoms with Gasteiger partial charge in [-0.15, -0.1) is 5.10 Å². The number of hydrogen-bond donors (Lipinski definition) is 1. The third-order valence-electron chi connectivity index (χ3n) is 3.21. The van der Waals surface area contributed by atoms with E-state index in [-0.39, 0.29) is 23.6 Å². The number of rotatable bonds is 4. The monoisotopic (exact) mass is 276 g/mol. The van der Waals surface area contributed by atoms with Crippen LogP contribution in [0.15, 0.2) is 24.3 Å². The van der Waals surface area contributed by atoms with E-state index in [0.717, 1.165) is 5.56 Å². The summed E-state index contributed by atoms with van der Waals surface area (Å²) < 4.78 is 13.0. The lowest BCUT2D eigenvalue weighted by atomic mass is 10.1. The molecule has 1 unspecified atom stereocenters. The van der Waals surface area contributed by atoms with Crippen molar-refractivity contribution in [1.82, 2.24) is 20.1 Å². The molecule has 1 aromatic carbocycles. The molecule has 2 rings (SSSR count). The fourth-order valence-corrected chi connectivity index (χ4v) is 2.08. The number of amides is 1. The van der Waals surface area contributed by atoms with Crippen molar-refractivity contribution < 1.29 is 9.18 Å². The number of aromatic nitrogens is 3. The molecule has 0 aliphatic heterocycles. The smallest absolute Gasteiger partial charge is 0.294 e. The molecule has 0 aliphatic carbocycles. The average Bonchev–Trinajstić information content (AvgIpc) is 2.86. The van der Waals surface area contributed by atoms with Crippen molar-refractivity contribution >= 4 is 5.91 Å². The molecule has 1 N–H and O–H groups in total. The number of aryl methyl sites for hydroxylation is 1. The fraction of sp³-hybridized carbons (Fsp3) is 0.357. The maximum atomic E-state index is 13.0. The highest BCUT2D eigenvalue weighted by atomic mass is 19.1. The van der Waals surface area contributed by atoms with Gasteiger partial charge in [0.05, 0.1) is 6.04 Å². The molecule has 0 spiro atoms. The van der Waals surface area contributed by atoms with Gasteiger partial charge in [-0.2, -0.15) is 0 Å². The molecule has 2 aromatic rings. The van der Waals surface area contributed by atoms with Crippen LogP contribution in [0.1, 0.15) is 41.9 Å². The van der Waals surface area contributed by atoms with Crippen molar-refractivity contribution in [3.63, 3.8) is 0 Å². The largest absolute Gasteiger partial charge is 0.329 e. The highest BCUT2D eigenvalue weighted by Gasteiger charge is 2.24. The summed E-state index contributed by atoms with van der Waals surface area (Å²) in [5.74, 6) is 0.214. The first-order chi connectivity index (χ1) is 9.52. The van der Waals surface area contributed by atoms with Gasteiger partial charge in [0.1, 0.15) is 11.6 Å². The number of carbonyl (C=O) groups is 1. The number of hydrogen-bond acceptors (Lipinski definition) is 3. The lowest BCUT2D eigenvalue weighted by Crippen LogP contribution is -2.34. The minimum Gasteiger partial charge on any atom is -0.329 e. The summed E-state index contributed by atoms with van der Waals surface area (Å²) in [7, 11) is 0. The van der Waals surface area contributed by atoms with E-state index < -0.39 is 0 Å². The molecule has 0 bridgehead atoms. The van der Waals surface area contributed by atoms with Crippen LogP contribution in [0.5, 0.6) is 0 Å². The van der Waals surface area contributed by atoms with Gasteiger partial charge in [0.25, 0.3) is 5.91 Å². The molecule has 0 fully saturated rings. The normalized spacial score (nSPS) is 12.2. The van der Waals surface area contributed by atoms with E-state index in [0.29, 0.717) is 12.4 Å². The van der Waals surface area contributed by atoms with E-state index in [1.807, 2.05) is 13.8 Å². The van der Waals surface area contributed by atoms with Crippen LogP contribution in [-0.4, -0.2) is 32.5 Å². The molecule has 5 nitrogen and oxygen atoms in total. The molecule has 1 aromatic heterocycles. The summed E-state index contributed by atoms with van der Waals surface area (Å²) in [5.41, 5.74) is 0.869. The number of benzene rings is 1. The van der Waals surface area contributed by atoms with Crippen molar-refractivity contribution in [3.05, 3.63) is 47.3 Å². The number of aromatic amines is 1. The molecule has 0 saturated heterocycles. The van der Waals surface area contributed by atoms with Crippen molar-refractivity contribution in [2.75, 3.05) is 6.54 Å². The third kappa shape index (κ3) is 2.84. The Morgan fingerprint density at radius 2 is 2.05 bits per heavy atom. The van der Waals surface area contributed by atoms with E-state index in [1.165, 1.54) is 12.1 Å². The Hall–Kier alpha value is -2.24. The minimum absolute atomic E-state index is 0.151. The van der Waals surface area contributed by atoms with E-state index in [9.17, 15) is 9.18 Å². The molecule has 1 atom stereocenters. The second-order valence-corrected chi connectivity index (χ2v) is 4.56. The summed E-state index contributed by atoms with van der Waals surface area (Å²) in [5, 5.41) is 6.54. The first-order valence-corrected chi connectivity index (χ1v) is 6.48. The van der Waals surface area contributed by atoms with Crippen LogP contribution in [0.2, 0.25) is 0 Å². The molecule has 0 aliphatic rings. The van der Waals surface area contributed by atoms with E-state index >= 15 is 0 Å². The van der Waals surface area contributed by atoms with Gasteiger partial charge in [0.15, 0.2) is 0 Å². The van der Waals surface area contributed by atoms with Gasteiger partial charge in [-0.3, -0.25) is 9.89 Å². The predicted octanol–water partition coefficient (Wildman–Crippen LogP) is 2.48. The van der Waals surface area contributed by atoms with Crippen molar-refractivity contribution in [2.45, 2.75) is 26.8 Å². The Bertz CT molecular complexity index is 593. The number of nitrogens with zero attached hydrogens (tertiary/aromatic N) is 3. The van der Waals surface area contributed by atoms with Crippen molar-refractivity contribution in [2.24, 2.45) is 0 Å². The van der Waals surface area contributed by atoms with Crippen LogP contribution in [0, 0.1) is 12.7 Å². The van der Waals surface area contributed by atoms with E-state index in [4.69, 9.17) is 0 Å².